The Labute approximate surface area is 190 Å². The van der Waals surface area contributed by atoms with Crippen molar-refractivity contribution in [1.29, 1.82) is 0 Å². The van der Waals surface area contributed by atoms with E-state index in [1.807, 2.05) is 6.07 Å². The van der Waals surface area contributed by atoms with Gasteiger partial charge in [-0.3, -0.25) is 0 Å². The van der Waals surface area contributed by atoms with Gasteiger partial charge in [0, 0.05) is 25.2 Å². The van der Waals surface area contributed by atoms with E-state index in [0.717, 1.165) is 5.56 Å². The van der Waals surface area contributed by atoms with Crippen LogP contribution >= 0.6 is 0 Å². The number of alkyl halides is 2. The average molecular weight is 484 g/mol. The third kappa shape index (κ3) is 4.79. The number of likely N-dealkylation sites (N-methyl/N-ethyl adjacent to an activating group) is 1. The van der Waals surface area contributed by atoms with Crippen molar-refractivity contribution in [2.75, 3.05) is 26.7 Å². The summed E-state index contributed by atoms with van der Waals surface area (Å²) in [6.07, 6.45) is 0.440. The number of amides is 2. The van der Waals surface area contributed by atoms with Gasteiger partial charge in [0.05, 0.1) is 12.6 Å². The van der Waals surface area contributed by atoms with Gasteiger partial charge in [-0.2, -0.15) is 8.78 Å². The minimum Gasteiger partial charge on any atom is -0.488 e. The molecule has 0 spiro atoms. The molecule has 178 valence electrons. The summed E-state index contributed by atoms with van der Waals surface area (Å²) in [5, 5.41) is 0. The Hall–Kier alpha value is -2.79. The molecule has 2 amide bonds. The minimum atomic E-state index is -4.83. The number of sulfonamides is 1. The molecule has 2 aromatic rings. The summed E-state index contributed by atoms with van der Waals surface area (Å²) in [5.74, 6) is -4.01. The molecule has 2 bridgehead atoms. The Bertz CT molecular complexity index is 1150. The standard InChI is InChI=1S/C22H24F3N3O4S/c1-27-10-11-32-20-16(6-3-7-17(20)23)15-5-2-4-14(12-15)13-19-18(8-9-28(19)22(27)29)26-33(30,31)21(24)25/h2-7,12,18-19,21,26H,8-11,13H2,1H3. The molecule has 1 fully saturated rings. The second kappa shape index (κ2) is 9.22. The molecule has 2 aliphatic rings. The molecule has 33 heavy (non-hydrogen) atoms. The van der Waals surface area contributed by atoms with Crippen LogP contribution in [-0.4, -0.2) is 68.8 Å². The second-order valence-corrected chi connectivity index (χ2v) is 9.84. The van der Waals surface area contributed by atoms with Crippen LogP contribution in [0.4, 0.5) is 18.0 Å². The Morgan fingerprint density at radius 1 is 1.15 bits per heavy atom. The number of nitrogens with zero attached hydrogens (tertiary/aromatic N) is 2. The molecular weight excluding hydrogens is 459 g/mol. The van der Waals surface area contributed by atoms with Crippen molar-refractivity contribution in [3.63, 3.8) is 0 Å². The van der Waals surface area contributed by atoms with Crippen molar-refractivity contribution in [1.82, 2.24) is 14.5 Å². The molecule has 11 heteroatoms. The summed E-state index contributed by atoms with van der Waals surface area (Å²) in [5.41, 5.74) is 1.98. The first-order chi connectivity index (χ1) is 15.7. The summed E-state index contributed by atoms with van der Waals surface area (Å²) >= 11 is 0. The van der Waals surface area contributed by atoms with E-state index in [1.54, 1.807) is 37.4 Å². The lowest BCUT2D eigenvalue weighted by Crippen LogP contribution is -2.51. The first-order valence-corrected chi connectivity index (χ1v) is 12.0. The number of urea groups is 1. The van der Waals surface area contributed by atoms with Crippen LogP contribution < -0.4 is 9.46 Å². The van der Waals surface area contributed by atoms with Gasteiger partial charge in [0.1, 0.15) is 6.61 Å². The highest BCUT2D eigenvalue weighted by Gasteiger charge is 2.41. The zero-order valence-electron chi connectivity index (χ0n) is 17.9. The molecule has 0 radical (unpaired) electrons. The smallest absolute Gasteiger partial charge is 0.350 e. The quantitative estimate of drug-likeness (QED) is 0.728. The van der Waals surface area contributed by atoms with Gasteiger partial charge in [-0.15, -0.1) is 0 Å². The van der Waals surface area contributed by atoms with Gasteiger partial charge < -0.3 is 14.5 Å². The van der Waals surface area contributed by atoms with Gasteiger partial charge >= 0.3 is 11.8 Å². The number of carbonyl (C=O) groups is 1. The lowest BCUT2D eigenvalue weighted by Gasteiger charge is -2.32. The van der Waals surface area contributed by atoms with E-state index in [-0.39, 0.29) is 44.3 Å². The molecule has 1 saturated heterocycles. The van der Waals surface area contributed by atoms with Crippen LogP contribution in [0.25, 0.3) is 11.1 Å². The molecule has 2 heterocycles. The average Bonchev–Trinajstić information content (AvgIpc) is 3.15. The van der Waals surface area contributed by atoms with Crippen LogP contribution in [0.2, 0.25) is 0 Å². The summed E-state index contributed by atoms with van der Waals surface area (Å²) in [6.45, 7) is 0.399. The number of hydrogen-bond acceptors (Lipinski definition) is 4. The Kier molecular flexibility index (Phi) is 6.53. The maximum Gasteiger partial charge on any atom is 0.350 e. The third-order valence-corrected chi connectivity index (χ3v) is 7.09. The van der Waals surface area contributed by atoms with Gasteiger partial charge in [-0.25, -0.2) is 22.3 Å². The Balaban J connectivity index is 1.75. The normalized spacial score (nSPS) is 21.5. The van der Waals surface area contributed by atoms with Gasteiger partial charge in [-0.1, -0.05) is 36.4 Å². The molecule has 2 aliphatic heterocycles. The van der Waals surface area contributed by atoms with Crippen molar-refractivity contribution >= 4 is 16.1 Å². The highest BCUT2D eigenvalue weighted by Crippen LogP contribution is 2.34. The van der Waals surface area contributed by atoms with E-state index >= 15 is 0 Å². The van der Waals surface area contributed by atoms with Crippen molar-refractivity contribution in [3.8, 4) is 16.9 Å². The van der Waals surface area contributed by atoms with Crippen LogP contribution in [-0.2, 0) is 16.4 Å². The first-order valence-electron chi connectivity index (χ1n) is 10.5. The third-order valence-electron chi connectivity index (χ3n) is 5.99. The lowest BCUT2D eigenvalue weighted by molar-refractivity contribution is 0.146. The fourth-order valence-electron chi connectivity index (χ4n) is 4.33. The predicted molar refractivity (Wildman–Crippen MR) is 116 cm³/mol. The molecule has 2 unspecified atom stereocenters. The minimum absolute atomic E-state index is 0.0375. The molecule has 4 rings (SSSR count). The first kappa shape index (κ1) is 23.4. The number of nitrogens with one attached hydrogen (secondary N) is 1. The summed E-state index contributed by atoms with van der Waals surface area (Å²) < 4.78 is 72.0. The predicted octanol–water partition coefficient (Wildman–Crippen LogP) is 3.06. The number of benzene rings is 2. The lowest BCUT2D eigenvalue weighted by atomic mass is 9.96. The van der Waals surface area contributed by atoms with Crippen LogP contribution in [0.5, 0.6) is 5.75 Å². The topological polar surface area (TPSA) is 79.0 Å². The van der Waals surface area contributed by atoms with E-state index in [2.05, 4.69) is 4.72 Å². The number of hydrogen-bond donors (Lipinski definition) is 1. The second-order valence-electron chi connectivity index (χ2n) is 8.15. The van der Waals surface area contributed by atoms with E-state index < -0.39 is 33.7 Å². The zero-order chi connectivity index (χ0) is 23.8. The molecule has 0 aromatic heterocycles. The monoisotopic (exact) mass is 483 g/mol. The highest BCUT2D eigenvalue weighted by atomic mass is 32.2. The number of fused-ring (bicyclic) bond motifs is 5. The molecule has 1 N–H and O–H groups in total. The van der Waals surface area contributed by atoms with Gasteiger partial charge in [-0.05, 0) is 30.0 Å². The largest absolute Gasteiger partial charge is 0.488 e. The zero-order valence-corrected chi connectivity index (χ0v) is 18.7. The number of rotatable bonds is 3. The fourth-order valence-corrected chi connectivity index (χ4v) is 5.13. The van der Waals surface area contributed by atoms with E-state index in [4.69, 9.17) is 4.74 Å². The number of halogens is 3. The van der Waals surface area contributed by atoms with E-state index in [1.165, 1.54) is 15.9 Å². The highest BCUT2D eigenvalue weighted by molar-refractivity contribution is 7.89. The Morgan fingerprint density at radius 2 is 1.91 bits per heavy atom. The SMILES string of the molecule is CN1CCOc2c(F)cccc2-c2cccc(c2)CC2C(NS(=O)(=O)C(F)F)CCN2C1=O. The number of carbonyl (C=O) groups excluding carboxylic acids is 1. The number of ether oxygens (including phenoxy) is 1. The molecule has 2 atom stereocenters. The molecule has 2 aromatic carbocycles. The Morgan fingerprint density at radius 3 is 2.67 bits per heavy atom. The van der Waals surface area contributed by atoms with Crippen LogP contribution in [0.3, 0.4) is 0 Å². The summed E-state index contributed by atoms with van der Waals surface area (Å²) in [6, 6.07) is 9.86. The van der Waals surface area contributed by atoms with Crippen LogP contribution in [0, 0.1) is 5.82 Å². The summed E-state index contributed by atoms with van der Waals surface area (Å²) in [4.78, 5) is 16.0. The van der Waals surface area contributed by atoms with Crippen molar-refractivity contribution < 1.29 is 31.1 Å². The van der Waals surface area contributed by atoms with Crippen molar-refractivity contribution in [2.45, 2.75) is 30.7 Å². The van der Waals surface area contributed by atoms with Gasteiger partial charge in [0.25, 0.3) is 10.0 Å². The summed E-state index contributed by atoms with van der Waals surface area (Å²) in [7, 11) is -3.27. The van der Waals surface area contributed by atoms with Gasteiger partial charge in [0.15, 0.2) is 11.6 Å². The number of para-hydroxylation sites is 1. The maximum absolute atomic E-state index is 14.5. The fraction of sp³-hybridized carbons (Fsp3) is 0.409. The van der Waals surface area contributed by atoms with E-state index in [9.17, 15) is 26.4 Å². The van der Waals surface area contributed by atoms with Crippen molar-refractivity contribution in [3.05, 3.63) is 53.8 Å². The van der Waals surface area contributed by atoms with E-state index in [0.29, 0.717) is 11.1 Å². The molecule has 0 saturated carbocycles. The van der Waals surface area contributed by atoms with Crippen LogP contribution in [0.15, 0.2) is 42.5 Å². The van der Waals surface area contributed by atoms with Crippen LogP contribution in [0.1, 0.15) is 12.0 Å². The molecule has 0 aliphatic carbocycles. The maximum atomic E-state index is 14.5. The van der Waals surface area contributed by atoms with Gasteiger partial charge in [0.2, 0.25) is 0 Å². The molecule has 7 nitrogen and oxygen atoms in total. The molecular formula is C22H24F3N3O4S. The van der Waals surface area contributed by atoms with Crippen molar-refractivity contribution in [2.24, 2.45) is 0 Å².